The number of benzene rings is 1. The molecule has 4 nitrogen and oxygen atoms in total. The van der Waals surface area contributed by atoms with Crippen molar-refractivity contribution in [3.05, 3.63) is 42.0 Å². The second kappa shape index (κ2) is 4.86. The number of rotatable bonds is 1. The maximum atomic E-state index is 12.8. The zero-order chi connectivity index (χ0) is 16.2. The van der Waals surface area contributed by atoms with Crippen LogP contribution in [0.2, 0.25) is 0 Å². The fourth-order valence-electron chi connectivity index (χ4n) is 3.13. The van der Waals surface area contributed by atoms with Gasteiger partial charge in [-0.2, -0.15) is 13.2 Å². The van der Waals surface area contributed by atoms with Gasteiger partial charge in [0.25, 0.3) is 0 Å². The fourth-order valence-corrected chi connectivity index (χ4v) is 3.13. The van der Waals surface area contributed by atoms with E-state index in [1.54, 1.807) is 12.1 Å². The highest BCUT2D eigenvalue weighted by molar-refractivity contribution is 5.75. The van der Waals surface area contributed by atoms with Crippen molar-refractivity contribution in [1.29, 1.82) is 0 Å². The van der Waals surface area contributed by atoms with Gasteiger partial charge in [0.05, 0.1) is 29.1 Å². The summed E-state index contributed by atoms with van der Waals surface area (Å²) in [6.45, 7) is 1.24. The molecule has 120 valence electrons. The van der Waals surface area contributed by atoms with E-state index < -0.39 is 17.8 Å². The molecule has 3 heterocycles. The average Bonchev–Trinajstić information content (AvgIpc) is 2.82. The lowest BCUT2D eigenvalue weighted by Gasteiger charge is -2.27. The highest BCUT2D eigenvalue weighted by Crippen LogP contribution is 2.37. The molecule has 23 heavy (non-hydrogen) atoms. The highest BCUT2D eigenvalue weighted by Gasteiger charge is 2.37. The number of hydrogen-bond donors (Lipinski definition) is 2. The topological polar surface area (TPSA) is 48.4 Å². The zero-order valence-electron chi connectivity index (χ0n) is 12.0. The summed E-state index contributed by atoms with van der Waals surface area (Å²) < 4.78 is 38.5. The second-order valence-electron chi connectivity index (χ2n) is 5.87. The predicted octanol–water partition coefficient (Wildman–Crippen LogP) is 2.74. The minimum atomic E-state index is -4.38. The van der Waals surface area contributed by atoms with Crippen LogP contribution in [0.3, 0.4) is 0 Å². The average molecular weight is 321 g/mol. The standard InChI is InChI=1S/C16H14F3N3O/c17-16(18,19)10-3-1-2-9(6-10)11-4-5-13-15(20-11)21-12-7-22(13)8-14(12)23/h1-6,12,14,23H,7-8H2,(H,20,21)/t12-,14-/m1/s1. The normalized spacial score (nSPS) is 22.7. The second-order valence-corrected chi connectivity index (χ2v) is 5.87. The maximum absolute atomic E-state index is 12.8. The van der Waals surface area contributed by atoms with Gasteiger partial charge in [-0.25, -0.2) is 4.98 Å². The zero-order valence-corrected chi connectivity index (χ0v) is 12.0. The Balaban J connectivity index is 1.73. The van der Waals surface area contributed by atoms with Crippen molar-refractivity contribution in [3.8, 4) is 11.3 Å². The number of nitrogens with one attached hydrogen (secondary N) is 1. The van der Waals surface area contributed by atoms with Gasteiger partial charge >= 0.3 is 6.18 Å². The van der Waals surface area contributed by atoms with E-state index in [9.17, 15) is 18.3 Å². The monoisotopic (exact) mass is 321 g/mol. The van der Waals surface area contributed by atoms with Crippen molar-refractivity contribution in [1.82, 2.24) is 4.98 Å². The number of aliphatic hydroxyl groups is 1. The van der Waals surface area contributed by atoms with E-state index in [2.05, 4.69) is 10.3 Å². The minimum Gasteiger partial charge on any atom is -0.389 e. The van der Waals surface area contributed by atoms with E-state index >= 15 is 0 Å². The Bertz CT molecular complexity index is 760. The molecule has 1 fully saturated rings. The third kappa shape index (κ3) is 2.41. The molecule has 2 aromatic rings. The molecule has 2 aliphatic heterocycles. The molecule has 2 N–H and O–H groups in total. The first-order valence-corrected chi connectivity index (χ1v) is 7.30. The van der Waals surface area contributed by atoms with Crippen LogP contribution in [0.4, 0.5) is 24.7 Å². The smallest absolute Gasteiger partial charge is 0.389 e. The van der Waals surface area contributed by atoms with Crippen LogP contribution in [0.25, 0.3) is 11.3 Å². The van der Waals surface area contributed by atoms with Gasteiger partial charge in [-0.05, 0) is 24.3 Å². The van der Waals surface area contributed by atoms with E-state index in [0.29, 0.717) is 30.2 Å². The number of fused-ring (bicyclic) bond motifs is 4. The molecule has 0 aliphatic carbocycles. The lowest BCUT2D eigenvalue weighted by molar-refractivity contribution is -0.137. The fraction of sp³-hybridized carbons (Fsp3) is 0.312. The summed E-state index contributed by atoms with van der Waals surface area (Å²) in [5.41, 5.74) is 1.06. The van der Waals surface area contributed by atoms with Crippen LogP contribution in [0.1, 0.15) is 5.56 Å². The molecule has 0 saturated carbocycles. The molecule has 0 amide bonds. The first-order valence-electron chi connectivity index (χ1n) is 7.30. The number of pyridine rings is 1. The Morgan fingerprint density at radius 1 is 1.17 bits per heavy atom. The van der Waals surface area contributed by atoms with Crippen LogP contribution in [-0.2, 0) is 6.18 Å². The first kappa shape index (κ1) is 14.3. The van der Waals surface area contributed by atoms with Gasteiger partial charge in [-0.1, -0.05) is 12.1 Å². The number of aromatic nitrogens is 1. The Labute approximate surface area is 130 Å². The van der Waals surface area contributed by atoms with E-state index in [1.807, 2.05) is 11.0 Å². The van der Waals surface area contributed by atoms with Gasteiger partial charge in [0.2, 0.25) is 0 Å². The minimum absolute atomic E-state index is 0.0910. The molecule has 2 aliphatic rings. The summed E-state index contributed by atoms with van der Waals surface area (Å²) in [6, 6.07) is 8.58. The van der Waals surface area contributed by atoms with Gasteiger partial charge in [-0.3, -0.25) is 0 Å². The van der Waals surface area contributed by atoms with Crippen molar-refractivity contribution >= 4 is 11.5 Å². The third-order valence-electron chi connectivity index (χ3n) is 4.31. The summed E-state index contributed by atoms with van der Waals surface area (Å²) in [5, 5.41) is 13.1. The third-order valence-corrected chi connectivity index (χ3v) is 4.31. The summed E-state index contributed by atoms with van der Waals surface area (Å²) in [5.74, 6) is 0.604. The predicted molar refractivity (Wildman–Crippen MR) is 80.3 cm³/mol. The quantitative estimate of drug-likeness (QED) is 0.848. The number of halogens is 3. The van der Waals surface area contributed by atoms with Crippen LogP contribution < -0.4 is 10.2 Å². The van der Waals surface area contributed by atoms with Crippen molar-refractivity contribution < 1.29 is 18.3 Å². The molecular formula is C16H14F3N3O. The molecule has 1 aromatic heterocycles. The Kier molecular flexibility index (Phi) is 3.02. The number of aliphatic hydroxyl groups excluding tert-OH is 1. The number of alkyl halides is 3. The molecule has 0 radical (unpaired) electrons. The van der Waals surface area contributed by atoms with Crippen molar-refractivity contribution in [2.45, 2.75) is 18.3 Å². The molecule has 2 atom stereocenters. The van der Waals surface area contributed by atoms with E-state index in [0.717, 1.165) is 17.8 Å². The van der Waals surface area contributed by atoms with Gasteiger partial charge in [0.1, 0.15) is 0 Å². The maximum Gasteiger partial charge on any atom is 0.416 e. The first-order chi connectivity index (χ1) is 10.9. The van der Waals surface area contributed by atoms with Crippen LogP contribution in [0.15, 0.2) is 36.4 Å². The Hall–Kier alpha value is -2.28. The lowest BCUT2D eigenvalue weighted by Crippen LogP contribution is -2.35. The molecule has 0 spiro atoms. The van der Waals surface area contributed by atoms with E-state index in [-0.39, 0.29) is 6.04 Å². The molecule has 7 heteroatoms. The highest BCUT2D eigenvalue weighted by atomic mass is 19.4. The molecule has 1 aromatic carbocycles. The van der Waals surface area contributed by atoms with Gasteiger partial charge in [-0.15, -0.1) is 0 Å². The summed E-state index contributed by atoms with van der Waals surface area (Å²) in [6.07, 6.45) is -4.85. The van der Waals surface area contributed by atoms with Crippen molar-refractivity contribution in [2.75, 3.05) is 23.3 Å². The van der Waals surface area contributed by atoms with Crippen molar-refractivity contribution in [3.63, 3.8) is 0 Å². The van der Waals surface area contributed by atoms with Crippen molar-refractivity contribution in [2.24, 2.45) is 0 Å². The Morgan fingerprint density at radius 2 is 2.00 bits per heavy atom. The Morgan fingerprint density at radius 3 is 2.78 bits per heavy atom. The summed E-state index contributed by atoms with van der Waals surface area (Å²) >= 11 is 0. The summed E-state index contributed by atoms with van der Waals surface area (Å²) in [7, 11) is 0. The molecular weight excluding hydrogens is 307 g/mol. The van der Waals surface area contributed by atoms with Crippen LogP contribution in [0, 0.1) is 0 Å². The summed E-state index contributed by atoms with van der Waals surface area (Å²) in [4.78, 5) is 6.48. The molecule has 0 unspecified atom stereocenters. The largest absolute Gasteiger partial charge is 0.416 e. The van der Waals surface area contributed by atoms with Gasteiger partial charge in [0, 0.05) is 18.7 Å². The van der Waals surface area contributed by atoms with Crippen LogP contribution in [0.5, 0.6) is 0 Å². The van der Waals surface area contributed by atoms with Crippen LogP contribution >= 0.6 is 0 Å². The van der Waals surface area contributed by atoms with E-state index in [1.165, 1.54) is 6.07 Å². The molecule has 4 rings (SSSR count). The van der Waals surface area contributed by atoms with E-state index in [4.69, 9.17) is 0 Å². The molecule has 2 bridgehead atoms. The SMILES string of the molecule is O[C@@H]1CN2C[C@H]1Nc1nc(-c3cccc(C(F)(F)F)c3)ccc12. The van der Waals surface area contributed by atoms with Crippen LogP contribution in [-0.4, -0.2) is 35.3 Å². The van der Waals surface area contributed by atoms with Gasteiger partial charge in [0.15, 0.2) is 5.82 Å². The number of hydrogen-bond acceptors (Lipinski definition) is 4. The van der Waals surface area contributed by atoms with Gasteiger partial charge < -0.3 is 15.3 Å². The number of anilines is 2. The molecule has 1 saturated heterocycles. The lowest BCUT2D eigenvalue weighted by atomic mass is 10.1. The number of nitrogens with zero attached hydrogens (tertiary/aromatic N) is 2.